The Morgan fingerprint density at radius 2 is 2.31 bits per heavy atom. The average molecular weight is 170 g/mol. The van der Waals surface area contributed by atoms with Gasteiger partial charge in [-0.3, -0.25) is 0 Å². The second kappa shape index (κ2) is 2.25. The molecule has 0 radical (unpaired) electrons. The van der Waals surface area contributed by atoms with Crippen LogP contribution >= 0.6 is 0 Å². The van der Waals surface area contributed by atoms with Crippen LogP contribution in [-0.4, -0.2) is 0 Å². The van der Waals surface area contributed by atoms with Crippen molar-refractivity contribution in [3.05, 3.63) is 47.6 Å². The van der Waals surface area contributed by atoms with E-state index in [1.807, 2.05) is 0 Å². The number of rotatable bonds is 1. The van der Waals surface area contributed by atoms with Crippen LogP contribution in [0.15, 0.2) is 47.6 Å². The van der Waals surface area contributed by atoms with Crippen molar-refractivity contribution in [2.24, 2.45) is 11.3 Å². The van der Waals surface area contributed by atoms with E-state index in [1.165, 1.54) is 18.4 Å². The molecular formula is C13H14. The lowest BCUT2D eigenvalue weighted by atomic mass is 9.83. The summed E-state index contributed by atoms with van der Waals surface area (Å²) in [5, 5.41) is 0. The van der Waals surface area contributed by atoms with Crippen molar-refractivity contribution in [3.63, 3.8) is 0 Å². The summed E-state index contributed by atoms with van der Waals surface area (Å²) in [6.07, 6.45) is 16.2. The first-order valence-electron chi connectivity index (χ1n) is 5.14. The molecule has 1 saturated carbocycles. The maximum atomic E-state index is 2.40. The zero-order valence-corrected chi connectivity index (χ0v) is 7.96. The fraction of sp³-hybridized carbons (Fsp3) is 0.385. The molecule has 0 nitrogen and oxygen atoms in total. The molecule has 0 heterocycles. The largest absolute Gasteiger partial charge is 0.0733 e. The van der Waals surface area contributed by atoms with Gasteiger partial charge in [-0.05, 0) is 24.3 Å². The van der Waals surface area contributed by atoms with E-state index in [-0.39, 0.29) is 0 Å². The fourth-order valence-corrected chi connectivity index (χ4v) is 2.77. The molecule has 0 aromatic carbocycles. The lowest BCUT2D eigenvalue weighted by Crippen LogP contribution is -2.09. The molecule has 0 N–H and O–H groups in total. The first-order chi connectivity index (χ1) is 6.37. The maximum Gasteiger partial charge on any atom is 0.0207 e. The molecule has 3 aliphatic rings. The summed E-state index contributed by atoms with van der Waals surface area (Å²) in [4.78, 5) is 0. The van der Waals surface area contributed by atoms with Crippen molar-refractivity contribution >= 4 is 0 Å². The maximum absolute atomic E-state index is 2.40. The monoisotopic (exact) mass is 170 g/mol. The lowest BCUT2D eigenvalue weighted by Gasteiger charge is -2.21. The fourth-order valence-electron chi connectivity index (χ4n) is 2.77. The highest BCUT2D eigenvalue weighted by atomic mass is 14.6. The topological polar surface area (TPSA) is 0 Å². The highest BCUT2D eigenvalue weighted by Crippen LogP contribution is 2.65. The van der Waals surface area contributed by atoms with Gasteiger partial charge in [0.1, 0.15) is 0 Å². The summed E-state index contributed by atoms with van der Waals surface area (Å²) in [5.41, 5.74) is 3.61. The highest BCUT2D eigenvalue weighted by Gasteiger charge is 2.56. The average Bonchev–Trinajstić information content (AvgIpc) is 2.89. The van der Waals surface area contributed by atoms with Gasteiger partial charge in [-0.15, -0.1) is 0 Å². The molecule has 2 atom stereocenters. The summed E-state index contributed by atoms with van der Waals surface area (Å²) >= 11 is 0. The van der Waals surface area contributed by atoms with Crippen LogP contribution in [0.1, 0.15) is 19.8 Å². The Morgan fingerprint density at radius 3 is 3.15 bits per heavy atom. The molecule has 0 heteroatoms. The Kier molecular flexibility index (Phi) is 1.28. The van der Waals surface area contributed by atoms with Crippen LogP contribution in [0.2, 0.25) is 0 Å². The van der Waals surface area contributed by atoms with Crippen LogP contribution < -0.4 is 0 Å². The van der Waals surface area contributed by atoms with Gasteiger partial charge in [0.2, 0.25) is 0 Å². The van der Waals surface area contributed by atoms with E-state index < -0.39 is 0 Å². The Labute approximate surface area is 79.3 Å². The van der Waals surface area contributed by atoms with Gasteiger partial charge in [0.25, 0.3) is 0 Å². The van der Waals surface area contributed by atoms with Crippen molar-refractivity contribution in [1.29, 1.82) is 0 Å². The van der Waals surface area contributed by atoms with Gasteiger partial charge >= 0.3 is 0 Å². The normalized spacial score (nSPS) is 39.0. The third kappa shape index (κ3) is 0.810. The molecule has 2 unspecified atom stereocenters. The smallest absolute Gasteiger partial charge is 0.0207 e. The molecule has 13 heavy (non-hydrogen) atoms. The van der Waals surface area contributed by atoms with E-state index in [9.17, 15) is 0 Å². The minimum absolute atomic E-state index is 0.439. The predicted molar refractivity (Wildman–Crippen MR) is 55.3 cm³/mol. The Balaban J connectivity index is 2.08. The summed E-state index contributed by atoms with van der Waals surface area (Å²) in [6, 6.07) is 0. The molecule has 0 bridgehead atoms. The van der Waals surface area contributed by atoms with Crippen LogP contribution in [0.4, 0.5) is 0 Å². The molecule has 0 aromatic heterocycles. The van der Waals surface area contributed by atoms with Gasteiger partial charge in [0.05, 0.1) is 0 Å². The van der Waals surface area contributed by atoms with E-state index in [4.69, 9.17) is 0 Å². The van der Waals surface area contributed by atoms with Crippen molar-refractivity contribution in [2.75, 3.05) is 0 Å². The first-order valence-corrected chi connectivity index (χ1v) is 5.14. The zero-order chi connectivity index (χ0) is 8.89. The lowest BCUT2D eigenvalue weighted by molar-refractivity contribution is 0.698. The minimum atomic E-state index is 0.439. The second-order valence-electron chi connectivity index (χ2n) is 4.23. The van der Waals surface area contributed by atoms with Crippen LogP contribution in [0, 0.1) is 11.3 Å². The van der Waals surface area contributed by atoms with Gasteiger partial charge < -0.3 is 0 Å². The Bertz CT molecular complexity index is 365. The molecule has 0 amide bonds. The molecule has 3 aliphatic carbocycles. The van der Waals surface area contributed by atoms with E-state index in [2.05, 4.69) is 43.4 Å². The summed E-state index contributed by atoms with van der Waals surface area (Å²) < 4.78 is 0. The SMILES string of the molecule is CCC1=CC=C2C=CC=CC23CC13. The Morgan fingerprint density at radius 1 is 1.38 bits per heavy atom. The van der Waals surface area contributed by atoms with Gasteiger partial charge in [-0.1, -0.05) is 49.0 Å². The molecule has 0 aromatic rings. The molecule has 0 aliphatic heterocycles. The van der Waals surface area contributed by atoms with E-state index in [0.717, 1.165) is 5.92 Å². The second-order valence-corrected chi connectivity index (χ2v) is 4.23. The number of hydrogen-bond donors (Lipinski definition) is 0. The Hall–Kier alpha value is -1.04. The van der Waals surface area contributed by atoms with Gasteiger partial charge in [-0.25, -0.2) is 0 Å². The standard InChI is InChI=1S/C13H14/c1-2-10-6-7-11-5-3-4-8-13(11)9-12(10)13/h3-8,12H,2,9H2,1H3. The third-order valence-electron chi connectivity index (χ3n) is 3.65. The van der Waals surface area contributed by atoms with Gasteiger partial charge in [0.15, 0.2) is 0 Å². The summed E-state index contributed by atoms with van der Waals surface area (Å²) in [5.74, 6) is 0.832. The van der Waals surface area contributed by atoms with E-state index in [0.29, 0.717) is 5.41 Å². The molecule has 0 saturated heterocycles. The van der Waals surface area contributed by atoms with Crippen molar-refractivity contribution in [3.8, 4) is 0 Å². The molecule has 3 rings (SSSR count). The predicted octanol–water partition coefficient (Wildman–Crippen LogP) is 3.40. The summed E-state index contributed by atoms with van der Waals surface area (Å²) in [7, 11) is 0. The number of allylic oxidation sites excluding steroid dienone is 8. The van der Waals surface area contributed by atoms with Crippen molar-refractivity contribution < 1.29 is 0 Å². The van der Waals surface area contributed by atoms with Gasteiger partial charge in [-0.2, -0.15) is 0 Å². The van der Waals surface area contributed by atoms with Crippen molar-refractivity contribution in [1.82, 2.24) is 0 Å². The van der Waals surface area contributed by atoms with Crippen LogP contribution in [0.5, 0.6) is 0 Å². The van der Waals surface area contributed by atoms with Crippen LogP contribution in [0.3, 0.4) is 0 Å². The minimum Gasteiger partial charge on any atom is -0.0733 e. The quantitative estimate of drug-likeness (QED) is 0.566. The molecule has 1 spiro atoms. The third-order valence-corrected chi connectivity index (χ3v) is 3.65. The molecular weight excluding hydrogens is 156 g/mol. The van der Waals surface area contributed by atoms with Gasteiger partial charge in [0, 0.05) is 5.41 Å². The van der Waals surface area contributed by atoms with Crippen molar-refractivity contribution in [2.45, 2.75) is 19.8 Å². The van der Waals surface area contributed by atoms with E-state index >= 15 is 0 Å². The highest BCUT2D eigenvalue weighted by molar-refractivity contribution is 5.53. The molecule has 1 fully saturated rings. The van der Waals surface area contributed by atoms with Crippen LogP contribution in [-0.2, 0) is 0 Å². The van der Waals surface area contributed by atoms with Crippen LogP contribution in [0.25, 0.3) is 0 Å². The molecule has 66 valence electrons. The zero-order valence-electron chi connectivity index (χ0n) is 7.96. The van der Waals surface area contributed by atoms with E-state index in [1.54, 1.807) is 5.57 Å². The summed E-state index contributed by atoms with van der Waals surface area (Å²) in [6.45, 7) is 2.26. The number of hydrogen-bond acceptors (Lipinski definition) is 0. The first kappa shape index (κ1) is 7.37.